The summed E-state index contributed by atoms with van der Waals surface area (Å²) in [5, 5.41) is 29.0. The number of phenolic OH excluding ortho intramolecular Hbond substituents is 3. The fraction of sp³-hybridized carbons (Fsp3) is 0.138. The first-order valence-electron chi connectivity index (χ1n) is 11.2. The molecule has 4 rings (SSSR count). The third-order valence-corrected chi connectivity index (χ3v) is 7.45. The monoisotopic (exact) mass is 504 g/mol. The molecule has 3 N–H and O–H groups in total. The van der Waals surface area contributed by atoms with Crippen LogP contribution in [0.2, 0.25) is 0 Å². The number of carbonyl (C=O) groups is 1. The zero-order valence-electron chi connectivity index (χ0n) is 20.5. The van der Waals surface area contributed by atoms with Gasteiger partial charge in [0.2, 0.25) is 9.84 Å². The van der Waals surface area contributed by atoms with Gasteiger partial charge in [-0.25, -0.2) is 8.42 Å². The van der Waals surface area contributed by atoms with Crippen molar-refractivity contribution in [3.05, 3.63) is 112 Å². The van der Waals surface area contributed by atoms with E-state index in [0.717, 1.165) is 0 Å². The number of rotatable bonds is 4. The lowest BCUT2D eigenvalue weighted by Gasteiger charge is -2.11. The van der Waals surface area contributed by atoms with Gasteiger partial charge in [-0.05, 0) is 86.3 Å². The molecule has 0 aliphatic rings. The van der Waals surface area contributed by atoms with E-state index in [1.165, 1.54) is 30.3 Å². The zero-order valence-corrected chi connectivity index (χ0v) is 21.3. The van der Waals surface area contributed by atoms with Gasteiger partial charge in [0.05, 0.1) is 15.4 Å². The number of hydrogen-bond donors (Lipinski definition) is 3. The molecule has 186 valence electrons. The number of sulfone groups is 1. The van der Waals surface area contributed by atoms with Gasteiger partial charge in [-0.3, -0.25) is 4.79 Å². The summed E-state index contributed by atoms with van der Waals surface area (Å²) < 4.78 is 25.4. The van der Waals surface area contributed by atoms with Crippen LogP contribution in [0, 0.1) is 27.7 Å². The number of benzene rings is 4. The van der Waals surface area contributed by atoms with Crippen LogP contribution in [0.4, 0.5) is 0 Å². The molecular weight excluding hydrogens is 476 g/mol. The molecule has 0 aromatic heterocycles. The number of para-hydroxylation sites is 1. The summed E-state index contributed by atoms with van der Waals surface area (Å²) >= 11 is 0. The van der Waals surface area contributed by atoms with Gasteiger partial charge in [0, 0.05) is 5.56 Å². The van der Waals surface area contributed by atoms with Crippen molar-refractivity contribution in [2.75, 3.05) is 0 Å². The van der Waals surface area contributed by atoms with Gasteiger partial charge < -0.3 is 15.3 Å². The highest BCUT2D eigenvalue weighted by molar-refractivity contribution is 7.91. The second-order valence-corrected chi connectivity index (χ2v) is 10.5. The molecule has 0 amide bonds. The minimum Gasteiger partial charge on any atom is -0.507 e. The van der Waals surface area contributed by atoms with Crippen LogP contribution in [0.25, 0.3) is 0 Å². The van der Waals surface area contributed by atoms with Crippen LogP contribution in [0.1, 0.15) is 38.2 Å². The minimum absolute atomic E-state index is 0.0198. The molecular formula is C29H28O6S. The lowest BCUT2D eigenvalue weighted by Crippen LogP contribution is -2.04. The molecule has 4 aromatic rings. The fourth-order valence-corrected chi connectivity index (χ4v) is 5.29. The van der Waals surface area contributed by atoms with Crippen LogP contribution in [0.3, 0.4) is 0 Å². The van der Waals surface area contributed by atoms with Crippen LogP contribution in [0.15, 0.2) is 88.7 Å². The number of aromatic hydroxyl groups is 3. The average Bonchev–Trinajstić information content (AvgIpc) is 2.86. The molecule has 0 radical (unpaired) electrons. The Morgan fingerprint density at radius 1 is 0.611 bits per heavy atom. The van der Waals surface area contributed by atoms with E-state index in [-0.39, 0.29) is 32.8 Å². The average molecular weight is 505 g/mol. The van der Waals surface area contributed by atoms with Crippen molar-refractivity contribution in [3.8, 4) is 17.2 Å². The molecule has 6 nitrogen and oxygen atoms in total. The molecule has 0 saturated heterocycles. The maximum Gasteiger partial charge on any atom is 0.206 e. The van der Waals surface area contributed by atoms with E-state index in [1.807, 2.05) is 6.07 Å². The van der Waals surface area contributed by atoms with E-state index >= 15 is 0 Å². The van der Waals surface area contributed by atoms with Crippen molar-refractivity contribution in [3.63, 3.8) is 0 Å². The third kappa shape index (κ3) is 5.58. The van der Waals surface area contributed by atoms with Crippen molar-refractivity contribution in [1.82, 2.24) is 0 Å². The smallest absolute Gasteiger partial charge is 0.206 e. The normalized spacial score (nSPS) is 10.9. The Kier molecular flexibility index (Phi) is 7.85. The van der Waals surface area contributed by atoms with Crippen LogP contribution in [0.5, 0.6) is 17.2 Å². The standard InChI is InChI=1S/C16H18O4S.C13H10O2/c1-9-5-13(6-10(2)15(9)17)21(19,20)14-7-11(3)16(18)12(4)8-14;14-12-9-5-4-8-11(12)13(15)10-6-2-1-3-7-10/h5-8,17-18H,1-4H3;1-9,14H. The van der Waals surface area contributed by atoms with Crippen LogP contribution < -0.4 is 0 Å². The Hall–Kier alpha value is -4.10. The van der Waals surface area contributed by atoms with Gasteiger partial charge in [0.15, 0.2) is 5.78 Å². The highest BCUT2D eigenvalue weighted by Gasteiger charge is 2.21. The largest absolute Gasteiger partial charge is 0.507 e. The summed E-state index contributed by atoms with van der Waals surface area (Å²) in [6.07, 6.45) is 0. The molecule has 7 heteroatoms. The van der Waals surface area contributed by atoms with Gasteiger partial charge in [0.1, 0.15) is 17.2 Å². The number of phenols is 3. The van der Waals surface area contributed by atoms with Crippen molar-refractivity contribution < 1.29 is 28.5 Å². The molecule has 0 heterocycles. The zero-order chi connectivity index (χ0) is 26.6. The minimum atomic E-state index is -3.68. The van der Waals surface area contributed by atoms with Crippen LogP contribution >= 0.6 is 0 Å². The third-order valence-electron chi connectivity index (χ3n) is 5.73. The van der Waals surface area contributed by atoms with Gasteiger partial charge in [-0.1, -0.05) is 42.5 Å². The van der Waals surface area contributed by atoms with E-state index in [1.54, 1.807) is 70.2 Å². The molecule has 0 atom stereocenters. The van der Waals surface area contributed by atoms with Crippen molar-refractivity contribution in [2.45, 2.75) is 37.5 Å². The van der Waals surface area contributed by atoms with Crippen molar-refractivity contribution in [1.29, 1.82) is 0 Å². The second kappa shape index (κ2) is 10.7. The van der Waals surface area contributed by atoms with Gasteiger partial charge in [-0.15, -0.1) is 0 Å². The predicted octanol–water partition coefficient (Wildman–Crippen LogP) is 5.79. The Morgan fingerprint density at radius 3 is 1.42 bits per heavy atom. The van der Waals surface area contributed by atoms with Gasteiger partial charge >= 0.3 is 0 Å². The SMILES string of the molecule is Cc1cc(S(=O)(=O)c2cc(C)c(O)c(C)c2)cc(C)c1O.O=C(c1ccccc1)c1ccccc1O. The summed E-state index contributed by atoms with van der Waals surface area (Å²) in [5.41, 5.74) is 2.98. The summed E-state index contributed by atoms with van der Waals surface area (Å²) in [5.74, 6) is 0.0686. The van der Waals surface area contributed by atoms with Crippen LogP contribution in [-0.4, -0.2) is 29.5 Å². The number of carbonyl (C=O) groups excluding carboxylic acids is 1. The topological polar surface area (TPSA) is 112 Å². The first-order valence-corrected chi connectivity index (χ1v) is 12.6. The number of aryl methyl sites for hydroxylation is 4. The Morgan fingerprint density at radius 2 is 1.00 bits per heavy atom. The van der Waals surface area contributed by atoms with Gasteiger partial charge in [0.25, 0.3) is 0 Å². The molecule has 0 aliphatic heterocycles. The lowest BCUT2D eigenvalue weighted by molar-refractivity contribution is 0.103. The highest BCUT2D eigenvalue weighted by atomic mass is 32.2. The first-order chi connectivity index (χ1) is 16.9. The van der Waals surface area contributed by atoms with Crippen molar-refractivity contribution >= 4 is 15.6 Å². The lowest BCUT2D eigenvalue weighted by atomic mass is 10.0. The molecule has 0 aliphatic carbocycles. The van der Waals surface area contributed by atoms with E-state index < -0.39 is 9.84 Å². The quantitative estimate of drug-likeness (QED) is 0.304. The van der Waals surface area contributed by atoms with E-state index in [2.05, 4.69) is 0 Å². The van der Waals surface area contributed by atoms with E-state index in [4.69, 9.17) is 0 Å². The summed E-state index contributed by atoms with van der Waals surface area (Å²) in [4.78, 5) is 12.2. The Bertz CT molecular complexity index is 1410. The molecule has 36 heavy (non-hydrogen) atoms. The maximum atomic E-state index is 12.7. The first kappa shape index (κ1) is 26.5. The molecule has 0 unspecified atom stereocenters. The molecule has 0 fully saturated rings. The van der Waals surface area contributed by atoms with Gasteiger partial charge in [-0.2, -0.15) is 0 Å². The molecule has 0 spiro atoms. The molecule has 0 saturated carbocycles. The molecule has 4 aromatic carbocycles. The predicted molar refractivity (Wildman–Crippen MR) is 139 cm³/mol. The number of ketones is 1. The van der Waals surface area contributed by atoms with E-state index in [9.17, 15) is 28.5 Å². The summed E-state index contributed by atoms with van der Waals surface area (Å²) in [6.45, 7) is 6.65. The number of hydrogen-bond acceptors (Lipinski definition) is 6. The Balaban J connectivity index is 0.000000212. The summed E-state index contributed by atoms with van der Waals surface area (Å²) in [7, 11) is -3.68. The van der Waals surface area contributed by atoms with E-state index in [0.29, 0.717) is 33.4 Å². The Labute approximate surface area is 211 Å². The molecule has 0 bridgehead atoms. The maximum absolute atomic E-state index is 12.7. The summed E-state index contributed by atoms with van der Waals surface area (Å²) in [6, 6.07) is 21.3. The highest BCUT2D eigenvalue weighted by Crippen LogP contribution is 2.32. The fourth-order valence-electron chi connectivity index (χ4n) is 3.69. The van der Waals surface area contributed by atoms with Crippen LogP contribution in [-0.2, 0) is 9.84 Å². The second-order valence-electron chi connectivity index (χ2n) is 8.53. The van der Waals surface area contributed by atoms with Crippen molar-refractivity contribution in [2.24, 2.45) is 0 Å².